The Balaban J connectivity index is 1.78. The van der Waals surface area contributed by atoms with Crippen LogP contribution in [-0.2, 0) is 6.42 Å². The van der Waals surface area contributed by atoms with Crippen LogP contribution in [0.3, 0.4) is 0 Å². The van der Waals surface area contributed by atoms with Gasteiger partial charge in [-0.2, -0.15) is 0 Å². The van der Waals surface area contributed by atoms with Gasteiger partial charge in [0.1, 0.15) is 10.8 Å². The molecule has 2 aromatic heterocycles. The highest BCUT2D eigenvalue weighted by atomic mass is 32.1. The number of nitrogens with zero attached hydrogens (tertiary/aromatic N) is 3. The van der Waals surface area contributed by atoms with Gasteiger partial charge in [0.2, 0.25) is 5.13 Å². The van der Waals surface area contributed by atoms with Crippen LogP contribution in [0, 0.1) is 10.1 Å². The van der Waals surface area contributed by atoms with Crippen LogP contribution in [0.1, 0.15) is 22.5 Å². The van der Waals surface area contributed by atoms with Gasteiger partial charge in [-0.1, -0.05) is 30.4 Å². The second-order valence-corrected chi connectivity index (χ2v) is 5.84. The lowest BCUT2D eigenvalue weighted by Gasteiger charge is -1.99. The van der Waals surface area contributed by atoms with Crippen molar-refractivity contribution in [3.8, 4) is 11.3 Å². The minimum Gasteiger partial charge on any atom is -0.451 e. The van der Waals surface area contributed by atoms with E-state index < -0.39 is 10.8 Å². The molecule has 8 nitrogen and oxygen atoms in total. The van der Waals surface area contributed by atoms with E-state index in [1.54, 1.807) is 18.2 Å². The average molecular weight is 344 g/mol. The Kier molecular flexibility index (Phi) is 4.34. The number of hydrogen-bond acceptors (Lipinski definition) is 7. The number of non-ortho nitro benzene ring substituents is 1. The minimum atomic E-state index is -0.485. The van der Waals surface area contributed by atoms with Crippen molar-refractivity contribution < 1.29 is 14.1 Å². The van der Waals surface area contributed by atoms with Crippen molar-refractivity contribution in [1.29, 1.82) is 0 Å². The second-order valence-electron chi connectivity index (χ2n) is 4.78. The maximum atomic E-state index is 12.2. The molecule has 1 aromatic carbocycles. The van der Waals surface area contributed by atoms with Gasteiger partial charge in [-0.05, 0) is 18.6 Å². The molecule has 122 valence electrons. The highest BCUT2D eigenvalue weighted by molar-refractivity contribution is 7.15. The molecule has 0 aliphatic heterocycles. The summed E-state index contributed by atoms with van der Waals surface area (Å²) in [6.07, 6.45) is 0.741. The third-order valence-electron chi connectivity index (χ3n) is 3.16. The Morgan fingerprint density at radius 3 is 2.88 bits per heavy atom. The molecular formula is C15H12N4O4S. The predicted octanol–water partition coefficient (Wildman–Crippen LogP) is 3.52. The van der Waals surface area contributed by atoms with E-state index in [4.69, 9.17) is 4.42 Å². The number of nitro benzene ring substituents is 1. The topological polar surface area (TPSA) is 111 Å². The smallest absolute Gasteiger partial charge is 0.293 e. The van der Waals surface area contributed by atoms with Gasteiger partial charge in [-0.15, -0.1) is 10.2 Å². The summed E-state index contributed by atoms with van der Waals surface area (Å²) in [5.74, 6) is 0.00518. The predicted molar refractivity (Wildman–Crippen MR) is 88.0 cm³/mol. The Bertz CT molecular complexity index is 902. The fourth-order valence-electron chi connectivity index (χ4n) is 1.99. The van der Waals surface area contributed by atoms with Crippen molar-refractivity contribution >= 4 is 28.1 Å². The van der Waals surface area contributed by atoms with E-state index >= 15 is 0 Å². The molecule has 2 heterocycles. The zero-order valence-corrected chi connectivity index (χ0v) is 13.4. The summed E-state index contributed by atoms with van der Waals surface area (Å²) in [6, 6.07) is 9.10. The molecular weight excluding hydrogens is 332 g/mol. The summed E-state index contributed by atoms with van der Waals surface area (Å²) in [7, 11) is 0. The SMILES string of the molecule is CCc1nnc(NC(=O)c2ccc(-c3cccc([N+](=O)[O-])c3)o2)s1. The standard InChI is InChI=1S/C15H12N4O4S/c1-2-13-17-18-15(24-13)16-14(20)12-7-6-11(23-12)9-4-3-5-10(8-9)19(21)22/h3-8H,2H2,1H3,(H,16,18,20). The molecule has 0 spiro atoms. The number of furan rings is 1. The lowest BCUT2D eigenvalue weighted by molar-refractivity contribution is -0.384. The Morgan fingerprint density at radius 1 is 1.33 bits per heavy atom. The van der Waals surface area contributed by atoms with Crippen LogP contribution in [0.2, 0.25) is 0 Å². The first-order valence-corrected chi connectivity index (χ1v) is 7.87. The lowest BCUT2D eigenvalue weighted by Crippen LogP contribution is -2.10. The number of benzene rings is 1. The average Bonchev–Trinajstić information content (AvgIpc) is 3.24. The number of carbonyl (C=O) groups excluding carboxylic acids is 1. The summed E-state index contributed by atoms with van der Waals surface area (Å²) >= 11 is 1.29. The molecule has 0 unspecified atom stereocenters. The number of nitro groups is 1. The lowest BCUT2D eigenvalue weighted by atomic mass is 10.1. The Morgan fingerprint density at radius 2 is 2.17 bits per heavy atom. The largest absolute Gasteiger partial charge is 0.451 e. The van der Waals surface area contributed by atoms with Crippen molar-refractivity contribution in [2.24, 2.45) is 0 Å². The number of hydrogen-bond donors (Lipinski definition) is 1. The van der Waals surface area contributed by atoms with Gasteiger partial charge >= 0.3 is 0 Å². The molecule has 0 saturated carbocycles. The van der Waals surface area contributed by atoms with Crippen LogP contribution in [0.4, 0.5) is 10.8 Å². The number of anilines is 1. The molecule has 0 radical (unpaired) electrons. The van der Waals surface area contributed by atoms with Crippen molar-refractivity contribution in [1.82, 2.24) is 10.2 Å². The molecule has 1 N–H and O–H groups in total. The fraction of sp³-hybridized carbons (Fsp3) is 0.133. The van der Waals surface area contributed by atoms with Crippen LogP contribution in [-0.4, -0.2) is 21.0 Å². The first-order chi connectivity index (χ1) is 11.6. The van der Waals surface area contributed by atoms with E-state index in [1.807, 2.05) is 6.92 Å². The molecule has 0 saturated heterocycles. The van der Waals surface area contributed by atoms with E-state index in [0.717, 1.165) is 11.4 Å². The quantitative estimate of drug-likeness (QED) is 0.560. The Hall–Kier alpha value is -3.07. The third kappa shape index (κ3) is 3.30. The molecule has 0 atom stereocenters. The normalized spacial score (nSPS) is 10.5. The van der Waals surface area contributed by atoms with E-state index in [9.17, 15) is 14.9 Å². The van der Waals surface area contributed by atoms with E-state index in [-0.39, 0.29) is 11.4 Å². The summed E-state index contributed by atoms with van der Waals surface area (Å²) in [4.78, 5) is 22.5. The molecule has 0 aliphatic carbocycles. The molecule has 24 heavy (non-hydrogen) atoms. The van der Waals surface area contributed by atoms with Gasteiger partial charge in [0.25, 0.3) is 11.6 Å². The van der Waals surface area contributed by atoms with Crippen molar-refractivity contribution in [3.63, 3.8) is 0 Å². The molecule has 9 heteroatoms. The van der Waals surface area contributed by atoms with Gasteiger partial charge in [0.05, 0.1) is 4.92 Å². The van der Waals surface area contributed by atoms with E-state index in [2.05, 4.69) is 15.5 Å². The first kappa shape index (κ1) is 15.8. The maximum absolute atomic E-state index is 12.2. The van der Waals surface area contributed by atoms with Crippen molar-refractivity contribution in [2.75, 3.05) is 5.32 Å². The number of amides is 1. The fourth-order valence-corrected chi connectivity index (χ4v) is 2.67. The summed E-state index contributed by atoms with van der Waals surface area (Å²) in [5, 5.41) is 22.4. The van der Waals surface area contributed by atoms with Crippen molar-refractivity contribution in [3.05, 3.63) is 57.3 Å². The number of nitrogens with one attached hydrogen (secondary N) is 1. The second kappa shape index (κ2) is 6.59. The van der Waals surface area contributed by atoms with Gasteiger partial charge in [-0.3, -0.25) is 20.2 Å². The highest BCUT2D eigenvalue weighted by Crippen LogP contribution is 2.26. The summed E-state index contributed by atoms with van der Waals surface area (Å²) < 4.78 is 5.49. The van der Waals surface area contributed by atoms with Gasteiger partial charge in [0, 0.05) is 17.7 Å². The molecule has 1 amide bonds. The maximum Gasteiger partial charge on any atom is 0.293 e. The number of aromatic nitrogens is 2. The van der Waals surface area contributed by atoms with Gasteiger partial charge in [-0.25, -0.2) is 0 Å². The van der Waals surface area contributed by atoms with Crippen LogP contribution >= 0.6 is 11.3 Å². The van der Waals surface area contributed by atoms with Crippen LogP contribution in [0.5, 0.6) is 0 Å². The molecule has 0 bridgehead atoms. The number of rotatable bonds is 5. The van der Waals surface area contributed by atoms with Crippen molar-refractivity contribution in [2.45, 2.75) is 13.3 Å². The monoisotopic (exact) mass is 344 g/mol. The van der Waals surface area contributed by atoms with Gasteiger partial charge < -0.3 is 4.42 Å². The molecule has 0 aliphatic rings. The first-order valence-electron chi connectivity index (χ1n) is 7.05. The van der Waals surface area contributed by atoms with E-state index in [1.165, 1.54) is 29.5 Å². The number of aryl methyl sites for hydroxylation is 1. The van der Waals surface area contributed by atoms with Crippen LogP contribution in [0.25, 0.3) is 11.3 Å². The summed E-state index contributed by atoms with van der Waals surface area (Å²) in [6.45, 7) is 1.95. The zero-order chi connectivity index (χ0) is 17.1. The minimum absolute atomic E-state index is 0.0455. The van der Waals surface area contributed by atoms with Crippen LogP contribution < -0.4 is 5.32 Å². The van der Waals surface area contributed by atoms with Gasteiger partial charge in [0.15, 0.2) is 5.76 Å². The highest BCUT2D eigenvalue weighted by Gasteiger charge is 2.16. The number of carbonyl (C=O) groups is 1. The van der Waals surface area contributed by atoms with Crippen LogP contribution in [0.15, 0.2) is 40.8 Å². The molecule has 0 fully saturated rings. The molecule has 3 rings (SSSR count). The summed E-state index contributed by atoms with van der Waals surface area (Å²) in [5.41, 5.74) is 0.475. The zero-order valence-electron chi connectivity index (χ0n) is 12.6. The third-order valence-corrected chi connectivity index (χ3v) is 4.14. The molecule has 3 aromatic rings. The Labute approximate surface area is 140 Å². The van der Waals surface area contributed by atoms with E-state index in [0.29, 0.717) is 16.5 Å².